The minimum Gasteiger partial charge on any atom is -0.443 e. The van der Waals surface area contributed by atoms with E-state index in [2.05, 4.69) is 25.9 Å². The van der Waals surface area contributed by atoms with Gasteiger partial charge in [0.05, 0.1) is 11.9 Å². The molecule has 49 heavy (non-hydrogen) atoms. The average molecular weight is 667 g/mol. The number of anilines is 2. The van der Waals surface area contributed by atoms with E-state index in [4.69, 9.17) is 16.2 Å². The van der Waals surface area contributed by atoms with Crippen LogP contribution in [-0.4, -0.2) is 45.4 Å². The summed E-state index contributed by atoms with van der Waals surface area (Å²) in [6.07, 6.45) is 1.45. The van der Waals surface area contributed by atoms with Gasteiger partial charge in [-0.05, 0) is 56.5 Å². The van der Waals surface area contributed by atoms with Crippen LogP contribution in [0.4, 0.5) is 16.3 Å². The molecular weight excluding hydrogens is 624 g/mol. The predicted molar refractivity (Wildman–Crippen MR) is 190 cm³/mol. The van der Waals surface area contributed by atoms with E-state index in [0.29, 0.717) is 22.4 Å². The number of carbonyl (C=O) groups is 3. The molecule has 0 aliphatic carbocycles. The molecule has 13 heteroatoms. The molecule has 1 heterocycles. The van der Waals surface area contributed by atoms with Crippen molar-refractivity contribution in [1.29, 1.82) is 0 Å². The Morgan fingerprint density at radius 1 is 0.959 bits per heavy atom. The molecule has 0 aliphatic rings. The second-order valence-corrected chi connectivity index (χ2v) is 11.8. The summed E-state index contributed by atoms with van der Waals surface area (Å²) in [7, 11) is 0. The van der Waals surface area contributed by atoms with E-state index in [9.17, 15) is 19.2 Å². The molecule has 7 N–H and O–H groups in total. The maximum atomic E-state index is 13.5. The third kappa shape index (κ3) is 10.0. The van der Waals surface area contributed by atoms with Crippen LogP contribution in [0.3, 0.4) is 0 Å². The van der Waals surface area contributed by atoms with Crippen molar-refractivity contribution in [1.82, 2.24) is 20.2 Å². The van der Waals surface area contributed by atoms with Crippen molar-refractivity contribution in [2.75, 3.05) is 11.1 Å². The second-order valence-electron chi connectivity index (χ2n) is 11.8. The van der Waals surface area contributed by atoms with Crippen LogP contribution in [0.25, 0.3) is 11.3 Å². The number of nitrogens with zero attached hydrogens (tertiary/aromatic N) is 3. The zero-order valence-electron chi connectivity index (χ0n) is 28.0. The van der Waals surface area contributed by atoms with Crippen molar-refractivity contribution in [3.05, 3.63) is 112 Å². The molecule has 0 unspecified atom stereocenters. The van der Waals surface area contributed by atoms with E-state index >= 15 is 0 Å². The van der Waals surface area contributed by atoms with Crippen molar-refractivity contribution >= 4 is 35.2 Å². The molecule has 4 rings (SSSR count). The van der Waals surface area contributed by atoms with Gasteiger partial charge in [-0.3, -0.25) is 19.0 Å². The van der Waals surface area contributed by atoms with Gasteiger partial charge in [0.1, 0.15) is 19.0 Å². The van der Waals surface area contributed by atoms with Gasteiger partial charge in [-0.2, -0.15) is 4.99 Å². The zero-order chi connectivity index (χ0) is 35.5. The molecule has 3 aromatic carbocycles. The smallest absolute Gasteiger partial charge is 0.435 e. The topological polar surface area (TPSA) is 196 Å². The van der Waals surface area contributed by atoms with Gasteiger partial charge in [0.15, 0.2) is 5.82 Å². The minimum absolute atomic E-state index is 0.00616. The fourth-order valence-electron chi connectivity index (χ4n) is 4.69. The average Bonchev–Trinajstić information content (AvgIpc) is 3.08. The molecule has 0 bridgehead atoms. The van der Waals surface area contributed by atoms with Crippen molar-refractivity contribution in [3.63, 3.8) is 0 Å². The summed E-state index contributed by atoms with van der Waals surface area (Å²) in [6, 6.07) is 20.8. The van der Waals surface area contributed by atoms with Crippen LogP contribution in [-0.2, 0) is 29.2 Å². The van der Waals surface area contributed by atoms with Gasteiger partial charge in [-0.25, -0.2) is 9.78 Å². The highest BCUT2D eigenvalue weighted by molar-refractivity contribution is 6.02. The van der Waals surface area contributed by atoms with Crippen molar-refractivity contribution in [2.45, 2.75) is 65.9 Å². The molecule has 4 aromatic rings. The highest BCUT2D eigenvalue weighted by atomic mass is 16.5. The lowest BCUT2D eigenvalue weighted by atomic mass is 10.1. The molecule has 0 saturated carbocycles. The third-order valence-corrected chi connectivity index (χ3v) is 7.52. The van der Waals surface area contributed by atoms with E-state index in [1.165, 1.54) is 16.8 Å². The molecule has 1 atom stereocenters. The van der Waals surface area contributed by atoms with Gasteiger partial charge >= 0.3 is 6.09 Å². The number of benzene rings is 3. The molecule has 256 valence electrons. The van der Waals surface area contributed by atoms with E-state index < -0.39 is 17.6 Å². The molecule has 0 saturated heterocycles. The number of aromatic nitrogens is 2. The lowest BCUT2D eigenvalue weighted by molar-refractivity contribution is -0.121. The molecule has 3 amide bonds. The fraction of sp³-hybridized carbons (Fsp3) is 0.278. The number of nitrogens with one attached hydrogen (secondary N) is 3. The fourth-order valence-corrected chi connectivity index (χ4v) is 4.69. The molecule has 0 spiro atoms. The molecule has 0 radical (unpaired) electrons. The van der Waals surface area contributed by atoms with Crippen LogP contribution < -0.4 is 33.0 Å². The van der Waals surface area contributed by atoms with Crippen molar-refractivity contribution in [3.8, 4) is 11.3 Å². The standard InChI is InChI=1S/C36H42N8O5/c1-5-23(4)42-34(46)27-15-16-28(29(37)17-27)30-19-40-33(41-22(2)3)35(47)44(30)20-31(45)39-18-24-11-13-26(14-12-24)32(38)43-36(48)49-21-25-9-7-6-8-10-25/h6-17,19,22-23H,5,18,20-21,37H2,1-4H3,(H,39,45)(H,40,41)(H,42,46)(H2,38,43,48)/t23-/m0/s1. The Morgan fingerprint density at radius 2 is 1.65 bits per heavy atom. The molecule has 0 aliphatic heterocycles. The summed E-state index contributed by atoms with van der Waals surface area (Å²) in [6.45, 7) is 7.54. The van der Waals surface area contributed by atoms with Crippen LogP contribution in [0, 0.1) is 0 Å². The first-order valence-corrected chi connectivity index (χ1v) is 15.9. The minimum atomic E-state index is -0.806. The third-order valence-electron chi connectivity index (χ3n) is 7.52. The number of aliphatic imine (C=N–C) groups is 1. The first-order chi connectivity index (χ1) is 23.4. The van der Waals surface area contributed by atoms with Gasteiger partial charge in [-0.1, -0.05) is 61.5 Å². The van der Waals surface area contributed by atoms with Crippen LogP contribution in [0.2, 0.25) is 0 Å². The summed E-state index contributed by atoms with van der Waals surface area (Å²) in [4.78, 5) is 59.6. The van der Waals surface area contributed by atoms with E-state index in [1.807, 2.05) is 58.0 Å². The summed E-state index contributed by atoms with van der Waals surface area (Å²) >= 11 is 0. The van der Waals surface area contributed by atoms with E-state index in [0.717, 1.165) is 17.5 Å². The first kappa shape index (κ1) is 35.9. The Morgan fingerprint density at radius 3 is 2.31 bits per heavy atom. The molecule has 1 aromatic heterocycles. The number of amidine groups is 1. The summed E-state index contributed by atoms with van der Waals surface area (Å²) < 4.78 is 6.46. The Hall–Kier alpha value is -5.98. The highest BCUT2D eigenvalue weighted by Gasteiger charge is 2.19. The van der Waals surface area contributed by atoms with Gasteiger partial charge in [-0.15, -0.1) is 0 Å². The molecular formula is C36H42N8O5. The van der Waals surface area contributed by atoms with Crippen molar-refractivity contribution < 1.29 is 19.1 Å². The van der Waals surface area contributed by atoms with Gasteiger partial charge in [0.25, 0.3) is 11.5 Å². The number of hydrogen-bond donors (Lipinski definition) is 5. The number of nitrogen functional groups attached to an aromatic ring is 1. The molecule has 0 fully saturated rings. The molecule has 13 nitrogen and oxygen atoms in total. The van der Waals surface area contributed by atoms with Gasteiger partial charge in [0.2, 0.25) is 5.91 Å². The van der Waals surface area contributed by atoms with Gasteiger partial charge < -0.3 is 32.2 Å². The Bertz CT molecular complexity index is 1870. The van der Waals surface area contributed by atoms with Crippen LogP contribution in [0.15, 0.2) is 88.8 Å². The van der Waals surface area contributed by atoms with Crippen LogP contribution in [0.1, 0.15) is 61.2 Å². The number of ether oxygens (including phenoxy) is 1. The monoisotopic (exact) mass is 666 g/mol. The number of nitrogens with two attached hydrogens (primary N) is 2. The highest BCUT2D eigenvalue weighted by Crippen LogP contribution is 2.26. The maximum absolute atomic E-state index is 13.5. The normalized spacial score (nSPS) is 11.9. The zero-order valence-corrected chi connectivity index (χ0v) is 28.0. The lowest BCUT2D eigenvalue weighted by Crippen LogP contribution is -2.35. The summed E-state index contributed by atoms with van der Waals surface area (Å²) in [5.74, 6) is -0.608. The quantitative estimate of drug-likeness (QED) is 0.0789. The largest absolute Gasteiger partial charge is 0.443 e. The predicted octanol–water partition coefficient (Wildman–Crippen LogP) is 4.20. The Balaban J connectivity index is 1.45. The van der Waals surface area contributed by atoms with E-state index in [1.54, 1.807) is 36.4 Å². The maximum Gasteiger partial charge on any atom is 0.435 e. The number of amides is 3. The Labute approximate surface area is 284 Å². The van der Waals surface area contributed by atoms with E-state index in [-0.39, 0.29) is 55.0 Å². The summed E-state index contributed by atoms with van der Waals surface area (Å²) in [5.41, 5.74) is 15.4. The van der Waals surface area contributed by atoms with Crippen molar-refractivity contribution in [2.24, 2.45) is 10.7 Å². The number of carbonyl (C=O) groups excluding carboxylic acids is 3. The second kappa shape index (κ2) is 16.7. The lowest BCUT2D eigenvalue weighted by Gasteiger charge is -2.18. The number of rotatable bonds is 13. The van der Waals surface area contributed by atoms with Crippen LogP contribution in [0.5, 0.6) is 0 Å². The number of hydrogen-bond acceptors (Lipinski definition) is 8. The first-order valence-electron chi connectivity index (χ1n) is 15.9. The Kier molecular flexibility index (Phi) is 12.2. The van der Waals surface area contributed by atoms with Crippen LogP contribution >= 0.6 is 0 Å². The van der Waals surface area contributed by atoms with Gasteiger partial charge in [0, 0.05) is 41.0 Å². The SMILES string of the molecule is CC[C@H](C)NC(=O)c1ccc(-c2cnc(NC(C)C)c(=O)n2CC(=O)NCc2ccc(C(N)=NC(=O)OCc3ccccc3)cc2)c(N)c1. The summed E-state index contributed by atoms with van der Waals surface area (Å²) in [5, 5.41) is 8.75.